The van der Waals surface area contributed by atoms with Crippen molar-refractivity contribution in [3.8, 4) is 33.6 Å². The normalized spacial score (nSPS) is 16.7. The number of alkyl carbamates (subject to hydrolysis) is 1. The Balaban J connectivity index is 1.00. The van der Waals surface area contributed by atoms with Crippen LogP contribution in [0.15, 0.2) is 73.1 Å². The number of carbonyl (C=O) groups is 4. The monoisotopic (exact) mass is 862 g/mol. The van der Waals surface area contributed by atoms with Gasteiger partial charge in [0, 0.05) is 71.1 Å². The maximum Gasteiger partial charge on any atom is 0.409 e. The van der Waals surface area contributed by atoms with Crippen molar-refractivity contribution in [2.45, 2.75) is 63.7 Å². The minimum atomic E-state index is -0.733. The van der Waals surface area contributed by atoms with E-state index in [4.69, 9.17) is 28.9 Å². The standard InChI is InChI=1S/C47H58N8O8/c1-28(53(3)44(56)40(52-46(58)60-6)32-16-20-62-21-17-32)42-49-27-39(51-42)37-15-14-35-24-34(12-13-36(35)25-37)30-8-10-31(11-9-30)38-26-48-43(50-38)29(2)54(4)45(57)41(55(5)47(59)61-7)33-18-22-63-23-19-33/h8-15,24-29,32-33,40-41H,16-23H2,1-7H3,(H,48,50)(H,49,51)(H,52,58)/t28-,29-,40-,41-/m0/s1. The Morgan fingerprint density at radius 2 is 1.11 bits per heavy atom. The number of hydrogen-bond donors (Lipinski definition) is 3. The fourth-order valence-electron chi connectivity index (χ4n) is 8.58. The van der Waals surface area contributed by atoms with Crippen molar-refractivity contribution in [3.05, 3.63) is 84.7 Å². The number of amides is 4. The molecule has 4 amide bonds. The number of imidazole rings is 2. The van der Waals surface area contributed by atoms with Gasteiger partial charge < -0.3 is 44.0 Å². The summed E-state index contributed by atoms with van der Waals surface area (Å²) in [6.07, 6.45) is 5.19. The van der Waals surface area contributed by atoms with Crippen molar-refractivity contribution in [2.24, 2.45) is 11.8 Å². The van der Waals surface area contributed by atoms with Gasteiger partial charge in [0.05, 0.1) is 37.7 Å². The van der Waals surface area contributed by atoms with Crippen LogP contribution in [0.4, 0.5) is 9.59 Å². The number of aromatic amines is 2. The van der Waals surface area contributed by atoms with E-state index < -0.39 is 24.3 Å². The van der Waals surface area contributed by atoms with Crippen LogP contribution >= 0.6 is 0 Å². The molecule has 334 valence electrons. The zero-order valence-corrected chi connectivity index (χ0v) is 37.1. The molecule has 2 aromatic heterocycles. The molecule has 3 N–H and O–H groups in total. The van der Waals surface area contributed by atoms with Gasteiger partial charge in [0.15, 0.2) is 0 Å². The van der Waals surface area contributed by atoms with Crippen LogP contribution in [-0.4, -0.2) is 133 Å². The topological polar surface area (TPSA) is 184 Å². The second kappa shape index (κ2) is 19.8. The van der Waals surface area contributed by atoms with Crippen LogP contribution in [0.5, 0.6) is 0 Å². The van der Waals surface area contributed by atoms with E-state index in [1.54, 1.807) is 30.9 Å². The average molecular weight is 863 g/mol. The lowest BCUT2D eigenvalue weighted by atomic mass is 9.89. The summed E-state index contributed by atoms with van der Waals surface area (Å²) < 4.78 is 20.8. The molecule has 3 aromatic carbocycles. The zero-order chi connectivity index (χ0) is 44.8. The second-order valence-electron chi connectivity index (χ2n) is 16.5. The first-order valence-corrected chi connectivity index (χ1v) is 21.5. The second-order valence-corrected chi connectivity index (χ2v) is 16.5. The number of nitrogens with zero attached hydrogens (tertiary/aromatic N) is 5. The summed E-state index contributed by atoms with van der Waals surface area (Å²) in [4.78, 5) is 73.3. The van der Waals surface area contributed by atoms with Crippen molar-refractivity contribution < 1.29 is 38.1 Å². The van der Waals surface area contributed by atoms with E-state index in [-0.39, 0.29) is 35.7 Å². The third-order valence-corrected chi connectivity index (χ3v) is 12.8. The van der Waals surface area contributed by atoms with Gasteiger partial charge >= 0.3 is 12.2 Å². The third-order valence-electron chi connectivity index (χ3n) is 12.8. The van der Waals surface area contributed by atoms with E-state index in [0.29, 0.717) is 63.8 Å². The third kappa shape index (κ3) is 9.87. The Kier molecular flexibility index (Phi) is 14.1. The number of methoxy groups -OCH3 is 2. The van der Waals surface area contributed by atoms with Gasteiger partial charge in [-0.3, -0.25) is 14.5 Å². The Hall–Kier alpha value is -6.26. The first-order chi connectivity index (χ1) is 30.4. The molecule has 2 saturated heterocycles. The number of benzene rings is 3. The summed E-state index contributed by atoms with van der Waals surface area (Å²) in [6.45, 7) is 5.99. The van der Waals surface area contributed by atoms with Crippen molar-refractivity contribution in [1.82, 2.24) is 40.0 Å². The molecular formula is C47H58N8O8. The Labute approximate surface area is 367 Å². The SMILES string of the molecule is COC(=O)N[C@H](C(=O)N(C)[C@@H](C)c1nc(-c2ccc3cc(-c4ccc(-c5c[nH]c([C@H](C)N(C)C(=O)[C@H](C6CCOCC6)N(C)C(=O)OC)n5)cc4)ccc3c2)c[nH]1)C1CCOCC1. The number of nitrogens with one attached hydrogen (secondary N) is 3. The van der Waals surface area contributed by atoms with Gasteiger partial charge in [0.1, 0.15) is 23.7 Å². The molecule has 16 nitrogen and oxygen atoms in total. The van der Waals surface area contributed by atoms with Gasteiger partial charge in [-0.15, -0.1) is 0 Å². The van der Waals surface area contributed by atoms with E-state index in [1.807, 2.05) is 44.4 Å². The number of H-pyrrole nitrogens is 2. The van der Waals surface area contributed by atoms with Gasteiger partial charge in [-0.05, 0) is 85.4 Å². The molecule has 0 saturated carbocycles. The maximum atomic E-state index is 13.9. The van der Waals surface area contributed by atoms with E-state index in [2.05, 4.69) is 57.7 Å². The molecule has 2 aliphatic heterocycles. The molecule has 0 aliphatic carbocycles. The van der Waals surface area contributed by atoms with Crippen molar-refractivity contribution in [1.29, 1.82) is 0 Å². The van der Waals surface area contributed by atoms with E-state index >= 15 is 0 Å². The van der Waals surface area contributed by atoms with Crippen molar-refractivity contribution >= 4 is 34.8 Å². The van der Waals surface area contributed by atoms with E-state index in [0.717, 1.165) is 44.4 Å². The van der Waals surface area contributed by atoms with Crippen LogP contribution in [0.25, 0.3) is 44.4 Å². The minimum Gasteiger partial charge on any atom is -0.453 e. The molecule has 2 aliphatic rings. The van der Waals surface area contributed by atoms with Crippen LogP contribution < -0.4 is 5.32 Å². The minimum absolute atomic E-state index is 0.0451. The van der Waals surface area contributed by atoms with Crippen LogP contribution in [-0.2, 0) is 28.5 Å². The molecule has 0 radical (unpaired) electrons. The summed E-state index contributed by atoms with van der Waals surface area (Å²) in [5.41, 5.74) is 5.50. The molecule has 16 heteroatoms. The highest BCUT2D eigenvalue weighted by Gasteiger charge is 2.39. The van der Waals surface area contributed by atoms with Gasteiger partial charge in [0.2, 0.25) is 11.8 Å². The molecule has 0 unspecified atom stereocenters. The van der Waals surface area contributed by atoms with Gasteiger partial charge in [-0.25, -0.2) is 19.6 Å². The number of likely N-dealkylation sites (N-methyl/N-ethyl adjacent to an activating group) is 3. The van der Waals surface area contributed by atoms with Crippen molar-refractivity contribution in [2.75, 3.05) is 61.8 Å². The highest BCUT2D eigenvalue weighted by atomic mass is 16.5. The lowest BCUT2D eigenvalue weighted by molar-refractivity contribution is -0.140. The summed E-state index contributed by atoms with van der Waals surface area (Å²) in [5, 5.41) is 4.89. The highest BCUT2D eigenvalue weighted by Crippen LogP contribution is 2.32. The van der Waals surface area contributed by atoms with Crippen LogP contribution in [0.2, 0.25) is 0 Å². The van der Waals surface area contributed by atoms with Crippen molar-refractivity contribution in [3.63, 3.8) is 0 Å². The molecule has 4 atom stereocenters. The number of hydrogen-bond acceptors (Lipinski definition) is 10. The number of ether oxygens (including phenoxy) is 4. The summed E-state index contributed by atoms with van der Waals surface area (Å²) in [6, 6.07) is 18.6. The Morgan fingerprint density at radius 3 is 1.67 bits per heavy atom. The van der Waals surface area contributed by atoms with E-state index in [1.165, 1.54) is 19.1 Å². The fourth-order valence-corrected chi connectivity index (χ4v) is 8.58. The number of rotatable bonds is 13. The van der Waals surface area contributed by atoms with E-state index in [9.17, 15) is 19.2 Å². The Bertz CT molecular complexity index is 2390. The largest absolute Gasteiger partial charge is 0.453 e. The maximum absolute atomic E-state index is 13.9. The predicted molar refractivity (Wildman–Crippen MR) is 237 cm³/mol. The molecule has 5 aromatic rings. The number of fused-ring (bicyclic) bond motifs is 1. The average Bonchev–Trinajstić information content (AvgIpc) is 4.04. The summed E-state index contributed by atoms with van der Waals surface area (Å²) >= 11 is 0. The summed E-state index contributed by atoms with van der Waals surface area (Å²) in [7, 11) is 7.68. The number of aromatic nitrogens is 4. The zero-order valence-electron chi connectivity index (χ0n) is 37.1. The molecular weight excluding hydrogens is 805 g/mol. The Morgan fingerprint density at radius 1 is 0.635 bits per heavy atom. The van der Waals surface area contributed by atoms with Crippen LogP contribution in [0.1, 0.15) is 63.3 Å². The lowest BCUT2D eigenvalue weighted by Gasteiger charge is -2.38. The predicted octanol–water partition coefficient (Wildman–Crippen LogP) is 6.97. The van der Waals surface area contributed by atoms with Gasteiger partial charge in [0.25, 0.3) is 0 Å². The quantitative estimate of drug-likeness (QED) is 0.112. The molecule has 63 heavy (non-hydrogen) atoms. The number of carbonyl (C=O) groups excluding carboxylic acids is 4. The summed E-state index contributed by atoms with van der Waals surface area (Å²) in [5.74, 6) is 0.771. The molecule has 7 rings (SSSR count). The molecule has 4 heterocycles. The first kappa shape index (κ1) is 44.8. The lowest BCUT2D eigenvalue weighted by Crippen LogP contribution is -2.53. The fraction of sp³-hybridized carbons (Fsp3) is 0.447. The van der Waals surface area contributed by atoms with Crippen LogP contribution in [0.3, 0.4) is 0 Å². The molecule has 0 spiro atoms. The van der Waals surface area contributed by atoms with Gasteiger partial charge in [-0.1, -0.05) is 48.5 Å². The van der Waals surface area contributed by atoms with Crippen LogP contribution in [0, 0.1) is 11.8 Å². The first-order valence-electron chi connectivity index (χ1n) is 21.5. The smallest absolute Gasteiger partial charge is 0.409 e. The highest BCUT2D eigenvalue weighted by molar-refractivity contribution is 5.91. The molecule has 0 bridgehead atoms. The van der Waals surface area contributed by atoms with Gasteiger partial charge in [-0.2, -0.15) is 0 Å². The molecule has 2 fully saturated rings.